The van der Waals surface area contributed by atoms with Gasteiger partial charge in [0.25, 0.3) is 0 Å². The van der Waals surface area contributed by atoms with E-state index in [4.69, 9.17) is 4.74 Å². The quantitative estimate of drug-likeness (QED) is 0.492. The zero-order valence-electron chi connectivity index (χ0n) is 10.4. The van der Waals surface area contributed by atoms with Crippen LogP contribution < -0.4 is 5.32 Å². The Balaban J connectivity index is 3.61. The van der Waals surface area contributed by atoms with Crippen LogP contribution in [0.2, 0.25) is 0 Å². The predicted molar refractivity (Wildman–Crippen MR) is 66.8 cm³/mol. The Morgan fingerprint density at radius 1 is 1.27 bits per heavy atom. The van der Waals surface area contributed by atoms with Gasteiger partial charge in [0.1, 0.15) is 0 Å². The van der Waals surface area contributed by atoms with Gasteiger partial charge in [-0.3, -0.25) is 0 Å². The molecule has 0 fully saturated rings. The third kappa shape index (κ3) is 9.54. The van der Waals surface area contributed by atoms with E-state index < -0.39 is 0 Å². The van der Waals surface area contributed by atoms with Gasteiger partial charge < -0.3 is 10.1 Å². The smallest absolute Gasteiger partial charge is 0.0598 e. The molecule has 1 unspecified atom stereocenters. The van der Waals surface area contributed by atoms with Gasteiger partial charge in [-0.25, -0.2) is 0 Å². The maximum absolute atomic E-state index is 5.68. The van der Waals surface area contributed by atoms with E-state index in [0.29, 0.717) is 5.92 Å². The van der Waals surface area contributed by atoms with E-state index in [1.807, 2.05) is 6.08 Å². The first-order valence-electron chi connectivity index (χ1n) is 5.60. The molecule has 1 N–H and O–H groups in total. The lowest BCUT2D eigenvalue weighted by Crippen LogP contribution is -2.21. The van der Waals surface area contributed by atoms with Crippen molar-refractivity contribution in [3.8, 4) is 0 Å². The fourth-order valence-electron chi connectivity index (χ4n) is 1.27. The van der Waals surface area contributed by atoms with Gasteiger partial charge in [0.15, 0.2) is 0 Å². The van der Waals surface area contributed by atoms with Crippen LogP contribution in [0.4, 0.5) is 0 Å². The van der Waals surface area contributed by atoms with Gasteiger partial charge in [-0.2, -0.15) is 0 Å². The Labute approximate surface area is 94.4 Å². The van der Waals surface area contributed by atoms with Crippen LogP contribution >= 0.6 is 0 Å². The summed E-state index contributed by atoms with van der Waals surface area (Å²) in [4.78, 5) is 0. The largest absolute Gasteiger partial charge is 0.391 e. The number of hydrogen-bond acceptors (Lipinski definition) is 2. The van der Waals surface area contributed by atoms with Crippen molar-refractivity contribution in [3.05, 3.63) is 25.4 Å². The van der Waals surface area contributed by atoms with E-state index in [1.165, 1.54) is 0 Å². The highest BCUT2D eigenvalue weighted by Gasteiger charge is 2.11. The van der Waals surface area contributed by atoms with Crippen molar-refractivity contribution in [2.24, 2.45) is 5.92 Å². The van der Waals surface area contributed by atoms with Crippen LogP contribution in [0.3, 0.4) is 0 Å². The number of hydrogen-bond donors (Lipinski definition) is 1. The van der Waals surface area contributed by atoms with E-state index in [0.717, 1.165) is 26.0 Å². The molecule has 0 rings (SSSR count). The molecule has 2 nitrogen and oxygen atoms in total. The fourth-order valence-corrected chi connectivity index (χ4v) is 1.27. The summed E-state index contributed by atoms with van der Waals surface area (Å²) < 4.78 is 5.68. The van der Waals surface area contributed by atoms with Crippen molar-refractivity contribution >= 4 is 0 Å². The van der Waals surface area contributed by atoms with Crippen molar-refractivity contribution in [3.63, 3.8) is 0 Å². The van der Waals surface area contributed by atoms with Crippen LogP contribution in [-0.4, -0.2) is 18.8 Å². The van der Waals surface area contributed by atoms with Crippen LogP contribution in [0.5, 0.6) is 0 Å². The molecule has 0 spiro atoms. The lowest BCUT2D eigenvalue weighted by atomic mass is 10.0. The van der Waals surface area contributed by atoms with Gasteiger partial charge >= 0.3 is 0 Å². The Bertz CT molecular complexity index is 181. The predicted octanol–water partition coefficient (Wildman–Crippen LogP) is 3.12. The van der Waals surface area contributed by atoms with Gasteiger partial charge in [-0.15, -0.1) is 6.58 Å². The SMILES string of the molecule is C=CNCCC(C=C)CCOC(C)(C)C. The van der Waals surface area contributed by atoms with E-state index >= 15 is 0 Å². The molecule has 0 aromatic carbocycles. The highest BCUT2D eigenvalue weighted by atomic mass is 16.5. The van der Waals surface area contributed by atoms with Gasteiger partial charge in [0.2, 0.25) is 0 Å². The third-order valence-electron chi connectivity index (χ3n) is 2.16. The van der Waals surface area contributed by atoms with E-state index in [-0.39, 0.29) is 5.60 Å². The van der Waals surface area contributed by atoms with Gasteiger partial charge in [0.05, 0.1) is 5.60 Å². The molecule has 0 amide bonds. The zero-order valence-corrected chi connectivity index (χ0v) is 10.4. The first-order valence-corrected chi connectivity index (χ1v) is 5.60. The Morgan fingerprint density at radius 2 is 1.93 bits per heavy atom. The van der Waals surface area contributed by atoms with Crippen LogP contribution in [0.1, 0.15) is 33.6 Å². The molecule has 0 radical (unpaired) electrons. The van der Waals surface area contributed by atoms with E-state index in [2.05, 4.69) is 39.2 Å². The van der Waals surface area contributed by atoms with Gasteiger partial charge in [-0.05, 0) is 45.7 Å². The molecule has 2 heteroatoms. The summed E-state index contributed by atoms with van der Waals surface area (Å²) in [5.41, 5.74) is -0.0366. The number of rotatable bonds is 8. The number of allylic oxidation sites excluding steroid dienone is 1. The summed E-state index contributed by atoms with van der Waals surface area (Å²) in [6.45, 7) is 15.5. The topological polar surface area (TPSA) is 21.3 Å². The molecule has 0 aliphatic carbocycles. The molecular formula is C13H25NO. The van der Waals surface area contributed by atoms with Crippen LogP contribution in [0.25, 0.3) is 0 Å². The first kappa shape index (κ1) is 14.2. The minimum Gasteiger partial charge on any atom is -0.391 e. The summed E-state index contributed by atoms with van der Waals surface area (Å²) >= 11 is 0. The van der Waals surface area contributed by atoms with Crippen molar-refractivity contribution in [2.75, 3.05) is 13.2 Å². The molecule has 88 valence electrons. The molecule has 0 saturated carbocycles. The van der Waals surface area contributed by atoms with Gasteiger partial charge in [0, 0.05) is 13.2 Å². The summed E-state index contributed by atoms with van der Waals surface area (Å²) in [5.74, 6) is 0.528. The molecule has 0 bridgehead atoms. The molecule has 0 aromatic rings. The van der Waals surface area contributed by atoms with Crippen LogP contribution in [0, 0.1) is 5.92 Å². The Kier molecular flexibility index (Phi) is 7.14. The van der Waals surface area contributed by atoms with Crippen LogP contribution in [0.15, 0.2) is 25.4 Å². The van der Waals surface area contributed by atoms with Crippen LogP contribution in [-0.2, 0) is 4.74 Å². The average Bonchev–Trinajstić information content (AvgIpc) is 2.14. The molecule has 0 aliphatic heterocycles. The van der Waals surface area contributed by atoms with E-state index in [9.17, 15) is 0 Å². The van der Waals surface area contributed by atoms with Crippen molar-refractivity contribution < 1.29 is 4.74 Å². The number of nitrogens with one attached hydrogen (secondary N) is 1. The molecule has 0 aromatic heterocycles. The molecule has 0 heterocycles. The molecular weight excluding hydrogens is 186 g/mol. The lowest BCUT2D eigenvalue weighted by molar-refractivity contribution is -0.00760. The monoisotopic (exact) mass is 211 g/mol. The summed E-state index contributed by atoms with van der Waals surface area (Å²) in [6.07, 6.45) is 5.87. The third-order valence-corrected chi connectivity index (χ3v) is 2.16. The minimum atomic E-state index is -0.0366. The number of ether oxygens (including phenoxy) is 1. The highest BCUT2D eigenvalue weighted by molar-refractivity contribution is 4.80. The highest BCUT2D eigenvalue weighted by Crippen LogP contribution is 2.13. The first-order chi connectivity index (χ1) is 6.99. The molecule has 0 aliphatic rings. The zero-order chi connectivity index (χ0) is 11.7. The van der Waals surface area contributed by atoms with Crippen molar-refractivity contribution in [1.29, 1.82) is 0 Å². The second kappa shape index (κ2) is 7.52. The van der Waals surface area contributed by atoms with Gasteiger partial charge in [-0.1, -0.05) is 12.7 Å². The average molecular weight is 211 g/mol. The minimum absolute atomic E-state index is 0.0366. The Morgan fingerprint density at radius 3 is 2.40 bits per heavy atom. The van der Waals surface area contributed by atoms with Crippen molar-refractivity contribution in [1.82, 2.24) is 5.32 Å². The molecule has 1 atom stereocenters. The summed E-state index contributed by atoms with van der Waals surface area (Å²) in [7, 11) is 0. The van der Waals surface area contributed by atoms with Crippen molar-refractivity contribution in [2.45, 2.75) is 39.2 Å². The maximum Gasteiger partial charge on any atom is 0.0598 e. The second-order valence-corrected chi connectivity index (χ2v) is 4.69. The standard InChI is InChI=1S/C13H25NO/c1-6-12(8-10-14-7-2)9-11-15-13(3,4)5/h6-7,12,14H,1-2,8-11H2,3-5H3. The lowest BCUT2D eigenvalue weighted by Gasteiger charge is -2.21. The fraction of sp³-hybridized carbons (Fsp3) is 0.692. The molecule has 0 saturated heterocycles. The van der Waals surface area contributed by atoms with E-state index in [1.54, 1.807) is 6.20 Å². The maximum atomic E-state index is 5.68. The normalized spacial score (nSPS) is 13.3. The Hall–Kier alpha value is -0.760. The second-order valence-electron chi connectivity index (χ2n) is 4.69. The molecule has 15 heavy (non-hydrogen) atoms. The summed E-state index contributed by atoms with van der Waals surface area (Å²) in [6, 6.07) is 0. The summed E-state index contributed by atoms with van der Waals surface area (Å²) in [5, 5.41) is 3.10.